The van der Waals surface area contributed by atoms with Gasteiger partial charge in [0, 0.05) is 32.8 Å². The van der Waals surface area contributed by atoms with Crippen molar-refractivity contribution in [1.29, 1.82) is 5.26 Å². The van der Waals surface area contributed by atoms with Gasteiger partial charge in [-0.05, 0) is 41.5 Å². The fraction of sp³-hybridized carbons (Fsp3) is 0.0476. The van der Waals surface area contributed by atoms with Crippen molar-refractivity contribution in [1.82, 2.24) is 15.0 Å². The highest BCUT2D eigenvalue weighted by Crippen LogP contribution is 2.44. The van der Waals surface area contributed by atoms with E-state index in [0.717, 1.165) is 11.1 Å². The molecule has 8 aromatic rings. The van der Waals surface area contributed by atoms with Crippen molar-refractivity contribution in [2.24, 2.45) is 0 Å². The number of para-hydroxylation sites is 1. The van der Waals surface area contributed by atoms with Gasteiger partial charge in [0.2, 0.25) is 0 Å². The van der Waals surface area contributed by atoms with Crippen LogP contribution in [0, 0.1) is 11.3 Å². The molecule has 0 aliphatic heterocycles. The maximum atomic E-state index is 14.0. The highest BCUT2D eigenvalue weighted by Gasteiger charge is 2.37. The third kappa shape index (κ3) is 5.66. The number of alkyl halides is 6. The summed E-state index contributed by atoms with van der Waals surface area (Å²) in [6.07, 6.45) is -10.1. The lowest BCUT2D eigenvalue weighted by Gasteiger charge is -2.18. The van der Waals surface area contributed by atoms with Gasteiger partial charge in [-0.2, -0.15) is 31.6 Å². The summed E-state index contributed by atoms with van der Waals surface area (Å²) in [6, 6.07) is 37.7. The Bertz CT molecular complexity index is 2680. The molecule has 0 saturated carbocycles. The first-order valence-corrected chi connectivity index (χ1v) is 16.0. The maximum absolute atomic E-state index is 14.0. The van der Waals surface area contributed by atoms with Gasteiger partial charge in [0.1, 0.15) is 11.6 Å². The van der Waals surface area contributed by atoms with E-state index in [1.165, 1.54) is 12.1 Å². The van der Waals surface area contributed by atoms with Gasteiger partial charge in [0.25, 0.3) is 0 Å². The molecule has 252 valence electrons. The summed E-state index contributed by atoms with van der Waals surface area (Å²) >= 11 is 0. The first-order chi connectivity index (χ1) is 25.0. The van der Waals surface area contributed by atoms with Crippen LogP contribution in [0.5, 0.6) is 0 Å². The van der Waals surface area contributed by atoms with E-state index >= 15 is 0 Å². The average molecular weight is 697 g/mol. The van der Waals surface area contributed by atoms with Crippen LogP contribution in [-0.4, -0.2) is 15.0 Å². The Morgan fingerprint density at radius 1 is 0.462 bits per heavy atom. The standard InChI is InChI=1S/C42H22F6N4/c43-41(44,45)28-19-26(20-29(22-28)42(46,47)48)30-15-7-8-16-31(30)39-33-21-27(23-49)38-40(35(33)32-17-9-10-18-34(32)50-39)52-37(25-13-5-2-6-14-25)36(51-38)24-11-3-1-4-12-24/h1-22H. The van der Waals surface area contributed by atoms with Crippen LogP contribution in [0.2, 0.25) is 0 Å². The smallest absolute Gasteiger partial charge is 0.247 e. The lowest BCUT2D eigenvalue weighted by Crippen LogP contribution is -2.11. The molecule has 0 unspecified atom stereocenters. The normalized spacial score (nSPS) is 12.0. The van der Waals surface area contributed by atoms with Crippen molar-refractivity contribution < 1.29 is 26.3 Å². The minimum absolute atomic E-state index is 0.0947. The molecule has 8 rings (SSSR count). The van der Waals surface area contributed by atoms with Gasteiger partial charge in [0.15, 0.2) is 0 Å². The summed E-state index contributed by atoms with van der Waals surface area (Å²) in [7, 11) is 0. The van der Waals surface area contributed by atoms with Gasteiger partial charge in [-0.15, -0.1) is 0 Å². The number of aromatic nitrogens is 3. The van der Waals surface area contributed by atoms with Crippen LogP contribution in [0.3, 0.4) is 0 Å². The van der Waals surface area contributed by atoms with Crippen molar-refractivity contribution in [3.63, 3.8) is 0 Å². The minimum Gasteiger partial charge on any atom is -0.247 e. The Labute approximate surface area is 292 Å². The van der Waals surface area contributed by atoms with Crippen molar-refractivity contribution >= 4 is 32.7 Å². The number of hydrogen-bond acceptors (Lipinski definition) is 4. The summed E-state index contributed by atoms with van der Waals surface area (Å²) in [5.74, 6) is 0. The number of rotatable bonds is 4. The maximum Gasteiger partial charge on any atom is 0.416 e. The monoisotopic (exact) mass is 696 g/mol. The molecular weight excluding hydrogens is 674 g/mol. The Morgan fingerprint density at radius 2 is 0.981 bits per heavy atom. The molecule has 0 aliphatic carbocycles. The number of pyridine rings is 1. The lowest BCUT2D eigenvalue weighted by molar-refractivity contribution is -0.143. The second-order valence-electron chi connectivity index (χ2n) is 12.1. The Balaban J connectivity index is 1.50. The molecule has 0 amide bonds. The molecular formula is C42H22F6N4. The molecule has 10 heteroatoms. The first kappa shape index (κ1) is 32.6. The zero-order chi connectivity index (χ0) is 36.2. The van der Waals surface area contributed by atoms with Crippen LogP contribution < -0.4 is 0 Å². The Hall–Kier alpha value is -6.60. The Morgan fingerprint density at radius 3 is 1.56 bits per heavy atom. The van der Waals surface area contributed by atoms with E-state index < -0.39 is 23.5 Å². The molecule has 52 heavy (non-hydrogen) atoms. The van der Waals surface area contributed by atoms with Gasteiger partial charge < -0.3 is 0 Å². The van der Waals surface area contributed by atoms with Gasteiger partial charge in [0.05, 0.1) is 44.8 Å². The summed E-state index contributed by atoms with van der Waals surface area (Å²) in [4.78, 5) is 15.2. The number of hydrogen-bond donors (Lipinski definition) is 0. The fourth-order valence-electron chi connectivity index (χ4n) is 6.57. The largest absolute Gasteiger partial charge is 0.416 e. The van der Waals surface area contributed by atoms with Gasteiger partial charge in [-0.25, -0.2) is 15.0 Å². The minimum atomic E-state index is -5.03. The molecule has 0 fully saturated rings. The van der Waals surface area contributed by atoms with E-state index in [1.807, 2.05) is 72.8 Å². The molecule has 0 N–H and O–H groups in total. The van der Waals surface area contributed by atoms with E-state index in [2.05, 4.69) is 6.07 Å². The predicted molar refractivity (Wildman–Crippen MR) is 189 cm³/mol. The Kier molecular flexibility index (Phi) is 7.72. The SMILES string of the molecule is N#Cc1cc2c(-c3ccccc3-c3cc(C(F)(F)F)cc(C(F)(F)F)c3)nc3ccccc3c2c2nc(-c3ccccc3)c(-c3ccccc3)nc12. The summed E-state index contributed by atoms with van der Waals surface area (Å²) in [6.45, 7) is 0. The van der Waals surface area contributed by atoms with Crippen LogP contribution in [0.4, 0.5) is 26.3 Å². The third-order valence-corrected chi connectivity index (χ3v) is 8.90. The molecule has 0 radical (unpaired) electrons. The highest BCUT2D eigenvalue weighted by atomic mass is 19.4. The molecule has 2 aromatic heterocycles. The zero-order valence-electron chi connectivity index (χ0n) is 26.8. The fourth-order valence-corrected chi connectivity index (χ4v) is 6.57. The number of halogens is 6. The van der Waals surface area contributed by atoms with Gasteiger partial charge >= 0.3 is 12.4 Å². The van der Waals surface area contributed by atoms with Crippen molar-refractivity contribution in [2.45, 2.75) is 12.4 Å². The van der Waals surface area contributed by atoms with Crippen LogP contribution in [0.25, 0.3) is 77.6 Å². The topological polar surface area (TPSA) is 62.5 Å². The molecule has 2 heterocycles. The van der Waals surface area contributed by atoms with Crippen molar-refractivity contribution in [2.75, 3.05) is 0 Å². The van der Waals surface area contributed by atoms with Crippen LogP contribution >= 0.6 is 0 Å². The molecule has 6 aromatic carbocycles. The predicted octanol–water partition coefficient (Wildman–Crippen LogP) is 11.9. The third-order valence-electron chi connectivity index (χ3n) is 8.90. The number of benzene rings is 6. The van der Waals surface area contributed by atoms with E-state index in [9.17, 15) is 31.6 Å². The number of nitrogens with zero attached hydrogens (tertiary/aromatic N) is 4. The van der Waals surface area contributed by atoms with E-state index in [-0.39, 0.29) is 34.0 Å². The van der Waals surface area contributed by atoms with Crippen LogP contribution in [0.15, 0.2) is 133 Å². The van der Waals surface area contributed by atoms with Gasteiger partial charge in [-0.3, -0.25) is 0 Å². The summed E-state index contributed by atoms with van der Waals surface area (Å²) < 4.78 is 83.8. The molecule has 4 nitrogen and oxygen atoms in total. The van der Waals surface area contributed by atoms with E-state index in [0.29, 0.717) is 56.2 Å². The quantitative estimate of drug-likeness (QED) is 0.136. The van der Waals surface area contributed by atoms with E-state index in [4.69, 9.17) is 15.0 Å². The molecule has 0 spiro atoms. The molecule has 0 atom stereocenters. The highest BCUT2D eigenvalue weighted by molar-refractivity contribution is 6.22. The second kappa shape index (κ2) is 12.3. The molecule has 0 aliphatic rings. The zero-order valence-corrected chi connectivity index (χ0v) is 26.8. The van der Waals surface area contributed by atoms with Crippen molar-refractivity contribution in [3.8, 4) is 51.0 Å². The molecule has 0 bridgehead atoms. The average Bonchev–Trinajstić information content (AvgIpc) is 3.16. The van der Waals surface area contributed by atoms with Crippen LogP contribution in [-0.2, 0) is 12.4 Å². The second-order valence-corrected chi connectivity index (χ2v) is 12.1. The summed E-state index contributed by atoms with van der Waals surface area (Å²) in [5.41, 5.74) is 1.54. The molecule has 0 saturated heterocycles. The lowest BCUT2D eigenvalue weighted by atomic mass is 9.90. The summed E-state index contributed by atoms with van der Waals surface area (Å²) in [5, 5.41) is 12.2. The number of nitriles is 1. The first-order valence-electron chi connectivity index (χ1n) is 16.0. The van der Waals surface area contributed by atoms with Crippen LogP contribution in [0.1, 0.15) is 16.7 Å². The van der Waals surface area contributed by atoms with Crippen molar-refractivity contribution in [3.05, 3.63) is 150 Å². The number of fused-ring (bicyclic) bond motifs is 5. The van der Waals surface area contributed by atoms with E-state index in [1.54, 1.807) is 30.3 Å². The van der Waals surface area contributed by atoms with Gasteiger partial charge in [-0.1, -0.05) is 103 Å².